The molecule has 0 radical (unpaired) electrons. The monoisotopic (exact) mass is 486 g/mol. The normalized spacial score (nSPS) is 15.4. The van der Waals surface area contributed by atoms with Crippen molar-refractivity contribution in [1.29, 1.82) is 0 Å². The third-order valence-electron chi connectivity index (χ3n) is 6.73. The van der Waals surface area contributed by atoms with Crippen molar-refractivity contribution in [2.75, 3.05) is 18.6 Å². The standard InChI is InChI=1S/C29H32N3O4/c1-29(2,3)36-28(33)14-19-8-10-32(11-9-19)18-20-12-22-23(25(13-20)31-34)16-30-17-24(22)27-15-21-6-4-5-7-26(21)35-27/h4-7,12-13,15-17,19,31H,8-11,14,18H2,1-3H3/q-1. The maximum absolute atomic E-state index is 12.2. The number of carbonyl (C=O) groups is 1. The van der Waals surface area contributed by atoms with E-state index in [1.807, 2.05) is 57.2 Å². The van der Waals surface area contributed by atoms with Crippen molar-refractivity contribution < 1.29 is 13.9 Å². The quantitative estimate of drug-likeness (QED) is 0.246. The van der Waals surface area contributed by atoms with E-state index < -0.39 is 5.60 Å². The second kappa shape index (κ2) is 9.91. The Labute approximate surface area is 211 Å². The van der Waals surface area contributed by atoms with Crippen molar-refractivity contribution in [1.82, 2.24) is 9.88 Å². The summed E-state index contributed by atoms with van der Waals surface area (Å²) in [4.78, 5) is 19.0. The third kappa shape index (κ3) is 5.37. The number of para-hydroxylation sites is 1. The molecule has 3 heterocycles. The number of aromatic nitrogens is 1. The number of hydrogen-bond acceptors (Lipinski definition) is 7. The first-order valence-corrected chi connectivity index (χ1v) is 12.5. The van der Waals surface area contributed by atoms with Crippen LogP contribution >= 0.6 is 0 Å². The van der Waals surface area contributed by atoms with Gasteiger partial charge in [0.15, 0.2) is 0 Å². The van der Waals surface area contributed by atoms with Crippen molar-refractivity contribution in [2.45, 2.75) is 52.2 Å². The van der Waals surface area contributed by atoms with E-state index in [-0.39, 0.29) is 5.97 Å². The van der Waals surface area contributed by atoms with Crippen LogP contribution in [0.3, 0.4) is 0 Å². The van der Waals surface area contributed by atoms with E-state index in [2.05, 4.69) is 21.4 Å². The molecular formula is C29H32N3O4-. The number of esters is 1. The van der Waals surface area contributed by atoms with Gasteiger partial charge in [-0.05, 0) is 87.8 Å². The number of anilines is 1. The van der Waals surface area contributed by atoms with Gasteiger partial charge in [-0.25, -0.2) is 0 Å². The molecule has 1 aliphatic rings. The fourth-order valence-electron chi connectivity index (χ4n) is 5.04. The molecule has 0 aliphatic carbocycles. The number of hydrogen-bond donors (Lipinski definition) is 1. The molecule has 36 heavy (non-hydrogen) atoms. The Morgan fingerprint density at radius 2 is 1.92 bits per heavy atom. The lowest BCUT2D eigenvalue weighted by Gasteiger charge is -2.32. The summed E-state index contributed by atoms with van der Waals surface area (Å²) >= 11 is 0. The fourth-order valence-corrected chi connectivity index (χ4v) is 5.04. The molecule has 2 aromatic carbocycles. The van der Waals surface area contributed by atoms with E-state index >= 15 is 0 Å². The van der Waals surface area contributed by atoms with Crippen LogP contribution in [-0.2, 0) is 16.1 Å². The minimum Gasteiger partial charge on any atom is -0.761 e. The molecule has 0 amide bonds. The summed E-state index contributed by atoms with van der Waals surface area (Å²) in [6.07, 6.45) is 5.88. The summed E-state index contributed by atoms with van der Waals surface area (Å²) < 4.78 is 11.6. The van der Waals surface area contributed by atoms with Gasteiger partial charge in [-0.2, -0.15) is 0 Å². The number of ether oxygens (including phenoxy) is 1. The number of pyridine rings is 1. The van der Waals surface area contributed by atoms with Gasteiger partial charge in [-0.15, -0.1) is 0 Å². The topological polar surface area (TPSA) is 90.7 Å². The molecule has 1 aliphatic heterocycles. The number of furan rings is 1. The first-order valence-electron chi connectivity index (χ1n) is 12.5. The van der Waals surface area contributed by atoms with Crippen molar-refractivity contribution in [3.8, 4) is 11.3 Å². The number of benzene rings is 2. The number of nitrogens with one attached hydrogen (secondary N) is 1. The zero-order valence-electron chi connectivity index (χ0n) is 21.0. The zero-order chi connectivity index (χ0) is 25.3. The lowest BCUT2D eigenvalue weighted by atomic mass is 9.93. The van der Waals surface area contributed by atoms with Crippen LogP contribution < -0.4 is 5.48 Å². The predicted molar refractivity (Wildman–Crippen MR) is 142 cm³/mol. The van der Waals surface area contributed by atoms with E-state index in [1.54, 1.807) is 12.4 Å². The van der Waals surface area contributed by atoms with Crippen LogP contribution in [0.5, 0.6) is 0 Å². The second-order valence-electron chi connectivity index (χ2n) is 10.7. The van der Waals surface area contributed by atoms with Crippen LogP contribution in [0.2, 0.25) is 0 Å². The third-order valence-corrected chi connectivity index (χ3v) is 6.73. The largest absolute Gasteiger partial charge is 0.761 e. The van der Waals surface area contributed by atoms with Crippen LogP contribution in [0, 0.1) is 11.1 Å². The summed E-state index contributed by atoms with van der Waals surface area (Å²) in [6, 6.07) is 13.9. The molecule has 0 spiro atoms. The minimum atomic E-state index is -0.447. The Balaban J connectivity index is 1.34. The van der Waals surface area contributed by atoms with Crippen molar-refractivity contribution in [2.24, 2.45) is 5.92 Å². The average Bonchev–Trinajstić information content (AvgIpc) is 3.27. The Kier molecular flexibility index (Phi) is 6.69. The Morgan fingerprint density at radius 3 is 2.64 bits per heavy atom. The lowest BCUT2D eigenvalue weighted by Crippen LogP contribution is -2.34. The molecule has 0 bridgehead atoms. The maximum atomic E-state index is 12.2. The van der Waals surface area contributed by atoms with Crippen LogP contribution in [0.15, 0.2) is 59.3 Å². The first kappa shape index (κ1) is 24.3. The molecule has 1 saturated heterocycles. The summed E-state index contributed by atoms with van der Waals surface area (Å²) in [5.41, 5.74) is 4.90. The highest BCUT2D eigenvalue weighted by Gasteiger charge is 2.25. The van der Waals surface area contributed by atoms with Crippen LogP contribution in [-0.4, -0.2) is 34.5 Å². The van der Waals surface area contributed by atoms with Gasteiger partial charge in [-0.1, -0.05) is 18.2 Å². The van der Waals surface area contributed by atoms with Gasteiger partial charge in [0, 0.05) is 47.4 Å². The number of rotatable bonds is 6. The number of nitrogens with zero attached hydrogens (tertiary/aromatic N) is 2. The van der Waals surface area contributed by atoms with E-state index in [4.69, 9.17) is 9.15 Å². The number of fused-ring (bicyclic) bond motifs is 2. The van der Waals surface area contributed by atoms with E-state index in [9.17, 15) is 10.0 Å². The van der Waals surface area contributed by atoms with Gasteiger partial charge in [0.05, 0.1) is 0 Å². The molecule has 5 rings (SSSR count). The van der Waals surface area contributed by atoms with Gasteiger partial charge in [0.25, 0.3) is 0 Å². The lowest BCUT2D eigenvalue weighted by molar-refractivity contribution is -0.156. The molecular weight excluding hydrogens is 454 g/mol. The molecule has 7 heteroatoms. The predicted octanol–water partition coefficient (Wildman–Crippen LogP) is 6.50. The van der Waals surface area contributed by atoms with Crippen LogP contribution in [0.25, 0.3) is 33.1 Å². The molecule has 4 aromatic rings. The number of carbonyl (C=O) groups excluding carboxylic acids is 1. The van der Waals surface area contributed by atoms with Crippen molar-refractivity contribution in [3.63, 3.8) is 0 Å². The Morgan fingerprint density at radius 1 is 1.14 bits per heavy atom. The summed E-state index contributed by atoms with van der Waals surface area (Å²) in [5.74, 6) is 0.956. The molecule has 1 N–H and O–H groups in total. The summed E-state index contributed by atoms with van der Waals surface area (Å²) in [5, 5.41) is 14.6. The molecule has 1 fully saturated rings. The molecule has 0 atom stereocenters. The van der Waals surface area contributed by atoms with E-state index in [0.29, 0.717) is 18.0 Å². The highest BCUT2D eigenvalue weighted by atomic mass is 16.6. The van der Waals surface area contributed by atoms with Gasteiger partial charge in [0.1, 0.15) is 16.9 Å². The zero-order valence-corrected chi connectivity index (χ0v) is 21.0. The molecule has 0 unspecified atom stereocenters. The van der Waals surface area contributed by atoms with Gasteiger partial charge in [-0.3, -0.25) is 14.7 Å². The Bertz CT molecular complexity index is 1350. The van der Waals surface area contributed by atoms with Crippen molar-refractivity contribution >= 4 is 33.4 Å². The van der Waals surface area contributed by atoms with E-state index in [0.717, 1.165) is 71.1 Å². The SMILES string of the molecule is CC(C)(C)OC(=O)CC1CCN(Cc2cc(N[O-])c3cncc(-c4cc5ccccc5o4)c3c2)CC1. The first-order chi connectivity index (χ1) is 17.3. The molecule has 2 aromatic heterocycles. The van der Waals surface area contributed by atoms with Crippen LogP contribution in [0.1, 0.15) is 45.6 Å². The molecule has 7 nitrogen and oxygen atoms in total. The highest BCUT2D eigenvalue weighted by Crippen LogP contribution is 2.36. The van der Waals surface area contributed by atoms with E-state index in [1.165, 1.54) is 0 Å². The molecule has 188 valence electrons. The van der Waals surface area contributed by atoms with Crippen LogP contribution in [0.4, 0.5) is 5.69 Å². The number of piperidine rings is 1. The number of likely N-dealkylation sites (tertiary alicyclic amines) is 1. The minimum absolute atomic E-state index is 0.117. The van der Waals surface area contributed by atoms with Gasteiger partial charge >= 0.3 is 5.97 Å². The average molecular weight is 487 g/mol. The Hall–Kier alpha value is -3.42. The fraction of sp³-hybridized carbons (Fsp3) is 0.379. The molecule has 0 saturated carbocycles. The highest BCUT2D eigenvalue weighted by molar-refractivity contribution is 6.03. The second-order valence-corrected chi connectivity index (χ2v) is 10.7. The maximum Gasteiger partial charge on any atom is 0.306 e. The van der Waals surface area contributed by atoms with Gasteiger partial charge < -0.3 is 19.8 Å². The smallest absolute Gasteiger partial charge is 0.306 e. The van der Waals surface area contributed by atoms with Crippen molar-refractivity contribution in [3.05, 3.63) is 65.6 Å². The summed E-state index contributed by atoms with van der Waals surface area (Å²) in [7, 11) is 0. The summed E-state index contributed by atoms with van der Waals surface area (Å²) in [6.45, 7) is 8.23. The van der Waals surface area contributed by atoms with Gasteiger partial charge in [0.2, 0.25) is 0 Å².